The maximum Gasteiger partial charge on any atom is 0.179 e. The van der Waals surface area contributed by atoms with E-state index < -0.39 is 0 Å². The maximum atomic E-state index is 12.7. The first kappa shape index (κ1) is 14.7. The number of rotatable bonds is 5. The van der Waals surface area contributed by atoms with Gasteiger partial charge in [0.05, 0.1) is 6.04 Å². The van der Waals surface area contributed by atoms with Crippen molar-refractivity contribution in [1.82, 2.24) is 9.80 Å². The Labute approximate surface area is 127 Å². The molecule has 0 spiro atoms. The van der Waals surface area contributed by atoms with Crippen LogP contribution in [0.15, 0.2) is 30.3 Å². The zero-order chi connectivity index (χ0) is 14.7. The van der Waals surface area contributed by atoms with Crippen molar-refractivity contribution >= 4 is 5.78 Å². The molecule has 21 heavy (non-hydrogen) atoms. The number of ketones is 1. The molecule has 0 bridgehead atoms. The van der Waals surface area contributed by atoms with E-state index in [1.807, 2.05) is 30.3 Å². The number of benzene rings is 1. The quantitative estimate of drug-likeness (QED) is 0.778. The lowest BCUT2D eigenvalue weighted by Crippen LogP contribution is -2.42. The molecule has 0 amide bonds. The van der Waals surface area contributed by atoms with E-state index in [-0.39, 0.29) is 6.04 Å². The highest BCUT2D eigenvalue weighted by Crippen LogP contribution is 2.24. The van der Waals surface area contributed by atoms with Gasteiger partial charge in [0.2, 0.25) is 0 Å². The van der Waals surface area contributed by atoms with Gasteiger partial charge < -0.3 is 0 Å². The topological polar surface area (TPSA) is 23.6 Å². The van der Waals surface area contributed by atoms with E-state index in [2.05, 4.69) is 16.7 Å². The predicted molar refractivity (Wildman–Crippen MR) is 85.6 cm³/mol. The van der Waals surface area contributed by atoms with Gasteiger partial charge in [0.15, 0.2) is 5.78 Å². The van der Waals surface area contributed by atoms with Gasteiger partial charge in [0.1, 0.15) is 0 Å². The van der Waals surface area contributed by atoms with E-state index in [1.54, 1.807) is 0 Å². The monoisotopic (exact) mass is 286 g/mol. The van der Waals surface area contributed by atoms with Gasteiger partial charge in [-0.1, -0.05) is 37.3 Å². The molecule has 0 aliphatic carbocycles. The van der Waals surface area contributed by atoms with Gasteiger partial charge in [-0.2, -0.15) is 0 Å². The summed E-state index contributed by atoms with van der Waals surface area (Å²) in [7, 11) is 0. The van der Waals surface area contributed by atoms with Crippen LogP contribution in [0.5, 0.6) is 0 Å². The highest BCUT2D eigenvalue weighted by Gasteiger charge is 2.34. The molecule has 2 aliphatic heterocycles. The van der Waals surface area contributed by atoms with Crippen molar-refractivity contribution in [3.63, 3.8) is 0 Å². The number of hydrogen-bond donors (Lipinski definition) is 0. The van der Waals surface area contributed by atoms with Crippen LogP contribution >= 0.6 is 0 Å². The first-order valence-corrected chi connectivity index (χ1v) is 8.37. The largest absolute Gasteiger partial charge is 0.299 e. The molecule has 114 valence electrons. The Bertz CT molecular complexity index is 467. The molecule has 2 heterocycles. The molecule has 2 unspecified atom stereocenters. The van der Waals surface area contributed by atoms with Crippen LogP contribution in [-0.4, -0.2) is 53.8 Å². The lowest BCUT2D eigenvalue weighted by Gasteiger charge is -2.28. The first-order chi connectivity index (χ1) is 10.3. The Hall–Kier alpha value is -1.19. The fourth-order valence-corrected chi connectivity index (χ4v) is 3.86. The minimum absolute atomic E-state index is 0.0556. The second-order valence-corrected chi connectivity index (χ2v) is 6.33. The van der Waals surface area contributed by atoms with Gasteiger partial charge in [-0.05, 0) is 38.8 Å². The standard InChI is InChI=1S/C18H26N2O/c1-2-17(18(21)15-8-4-3-5-9-15)20-13-10-16(14-20)19-11-6-7-12-19/h3-5,8-9,16-17H,2,6-7,10-14H2,1H3. The highest BCUT2D eigenvalue weighted by atomic mass is 16.1. The Morgan fingerprint density at radius 2 is 1.90 bits per heavy atom. The number of nitrogens with zero attached hydrogens (tertiary/aromatic N) is 2. The van der Waals surface area contributed by atoms with Crippen LogP contribution in [0.25, 0.3) is 0 Å². The van der Waals surface area contributed by atoms with Crippen molar-refractivity contribution < 1.29 is 4.79 Å². The minimum atomic E-state index is 0.0556. The zero-order valence-corrected chi connectivity index (χ0v) is 13.0. The van der Waals surface area contributed by atoms with Crippen LogP contribution in [0.3, 0.4) is 0 Å². The van der Waals surface area contributed by atoms with Gasteiger partial charge in [0.25, 0.3) is 0 Å². The maximum absolute atomic E-state index is 12.7. The van der Waals surface area contributed by atoms with E-state index in [1.165, 1.54) is 32.4 Å². The highest BCUT2D eigenvalue weighted by molar-refractivity contribution is 6.00. The van der Waals surface area contributed by atoms with Gasteiger partial charge in [0, 0.05) is 24.7 Å². The van der Waals surface area contributed by atoms with Crippen molar-refractivity contribution in [3.8, 4) is 0 Å². The smallest absolute Gasteiger partial charge is 0.179 e. The molecular weight excluding hydrogens is 260 g/mol. The van der Waals surface area contributed by atoms with Gasteiger partial charge >= 0.3 is 0 Å². The molecule has 3 heteroatoms. The molecule has 0 aromatic heterocycles. The molecule has 0 N–H and O–H groups in total. The Kier molecular flexibility index (Phi) is 4.71. The number of likely N-dealkylation sites (tertiary alicyclic amines) is 2. The predicted octanol–water partition coefficient (Wildman–Crippen LogP) is 2.82. The van der Waals surface area contributed by atoms with E-state index in [4.69, 9.17) is 0 Å². The van der Waals surface area contributed by atoms with Crippen molar-refractivity contribution in [2.45, 2.75) is 44.7 Å². The Morgan fingerprint density at radius 3 is 2.57 bits per heavy atom. The van der Waals surface area contributed by atoms with Crippen LogP contribution < -0.4 is 0 Å². The molecule has 0 radical (unpaired) electrons. The second kappa shape index (κ2) is 6.71. The van der Waals surface area contributed by atoms with Crippen molar-refractivity contribution in [3.05, 3.63) is 35.9 Å². The summed E-state index contributed by atoms with van der Waals surface area (Å²) in [6.07, 6.45) is 4.81. The normalized spacial score (nSPS) is 25.3. The SMILES string of the molecule is CCC(C(=O)c1ccccc1)N1CCC(N2CCCC2)C1. The van der Waals surface area contributed by atoms with Crippen LogP contribution in [-0.2, 0) is 0 Å². The zero-order valence-electron chi connectivity index (χ0n) is 13.0. The summed E-state index contributed by atoms with van der Waals surface area (Å²) in [5.41, 5.74) is 0.856. The molecule has 3 nitrogen and oxygen atoms in total. The summed E-state index contributed by atoms with van der Waals surface area (Å²) in [5, 5.41) is 0. The average Bonchev–Trinajstić information content (AvgIpc) is 3.20. The second-order valence-electron chi connectivity index (χ2n) is 6.33. The minimum Gasteiger partial charge on any atom is -0.299 e. The van der Waals surface area contributed by atoms with Crippen molar-refractivity contribution in [2.24, 2.45) is 0 Å². The van der Waals surface area contributed by atoms with E-state index in [0.717, 1.165) is 25.1 Å². The summed E-state index contributed by atoms with van der Waals surface area (Å²) in [6, 6.07) is 10.5. The molecule has 2 aliphatic rings. The number of Topliss-reactive ketones (excluding diaryl/α,β-unsaturated/α-hetero) is 1. The average molecular weight is 286 g/mol. The molecule has 1 aromatic rings. The summed E-state index contributed by atoms with van der Waals surface area (Å²) in [4.78, 5) is 17.8. The van der Waals surface area contributed by atoms with Crippen LogP contribution in [0.4, 0.5) is 0 Å². The van der Waals surface area contributed by atoms with Crippen molar-refractivity contribution in [2.75, 3.05) is 26.2 Å². The van der Waals surface area contributed by atoms with Crippen LogP contribution in [0.2, 0.25) is 0 Å². The molecule has 3 rings (SSSR count). The Balaban J connectivity index is 1.65. The van der Waals surface area contributed by atoms with Gasteiger partial charge in [-0.15, -0.1) is 0 Å². The fraction of sp³-hybridized carbons (Fsp3) is 0.611. The summed E-state index contributed by atoms with van der Waals surface area (Å²) >= 11 is 0. The molecule has 2 atom stereocenters. The molecule has 2 fully saturated rings. The van der Waals surface area contributed by atoms with E-state index in [0.29, 0.717) is 11.8 Å². The lowest BCUT2D eigenvalue weighted by atomic mass is 10.0. The summed E-state index contributed by atoms with van der Waals surface area (Å²) in [6.45, 7) is 6.77. The number of carbonyl (C=O) groups is 1. The molecular formula is C18H26N2O. The number of carbonyl (C=O) groups excluding carboxylic acids is 1. The fourth-order valence-electron chi connectivity index (χ4n) is 3.86. The third kappa shape index (κ3) is 3.19. The lowest BCUT2D eigenvalue weighted by molar-refractivity contribution is 0.0833. The van der Waals surface area contributed by atoms with E-state index in [9.17, 15) is 4.79 Å². The van der Waals surface area contributed by atoms with E-state index >= 15 is 0 Å². The number of hydrogen-bond acceptors (Lipinski definition) is 3. The van der Waals surface area contributed by atoms with Gasteiger partial charge in [-0.3, -0.25) is 14.6 Å². The molecule has 1 aromatic carbocycles. The molecule has 2 saturated heterocycles. The summed E-state index contributed by atoms with van der Waals surface area (Å²) < 4.78 is 0. The summed E-state index contributed by atoms with van der Waals surface area (Å²) in [5.74, 6) is 0.292. The third-order valence-corrected chi connectivity index (χ3v) is 5.04. The van der Waals surface area contributed by atoms with Gasteiger partial charge in [-0.25, -0.2) is 0 Å². The van der Waals surface area contributed by atoms with Crippen LogP contribution in [0, 0.1) is 0 Å². The molecule has 0 saturated carbocycles. The third-order valence-electron chi connectivity index (χ3n) is 5.04. The van der Waals surface area contributed by atoms with Crippen molar-refractivity contribution in [1.29, 1.82) is 0 Å². The first-order valence-electron chi connectivity index (χ1n) is 8.37. The Morgan fingerprint density at radius 1 is 1.19 bits per heavy atom. The van der Waals surface area contributed by atoms with Crippen LogP contribution in [0.1, 0.15) is 43.0 Å².